The average Bonchev–Trinajstić information content (AvgIpc) is 3.51. The van der Waals surface area contributed by atoms with Gasteiger partial charge in [0, 0.05) is 6.20 Å². The lowest BCUT2D eigenvalue weighted by Gasteiger charge is -2.10. The standard InChI is InChI=1S/C24H22N6O4/c1-3-33-23(31)18-13-25-30(15-18)24-27-20-14-26-29(21(20)22(28-24)32-2)10-11-34-19-9-8-16-6-4-5-7-17(16)12-19/h4-9,12-15H,3,10-11H2,1-2H3. The molecular weight excluding hydrogens is 436 g/mol. The lowest BCUT2D eigenvalue weighted by atomic mass is 10.1. The van der Waals surface area contributed by atoms with E-state index >= 15 is 0 Å². The van der Waals surface area contributed by atoms with E-state index in [2.05, 4.69) is 32.3 Å². The van der Waals surface area contributed by atoms with Gasteiger partial charge in [-0.3, -0.25) is 4.68 Å². The van der Waals surface area contributed by atoms with Gasteiger partial charge in [-0.15, -0.1) is 0 Å². The first kappa shape index (κ1) is 21.4. The van der Waals surface area contributed by atoms with Gasteiger partial charge in [0.15, 0.2) is 0 Å². The van der Waals surface area contributed by atoms with Crippen LogP contribution < -0.4 is 9.47 Å². The molecule has 10 heteroatoms. The van der Waals surface area contributed by atoms with Crippen molar-refractivity contribution >= 4 is 27.8 Å². The lowest BCUT2D eigenvalue weighted by Crippen LogP contribution is -2.11. The van der Waals surface area contributed by atoms with Crippen molar-refractivity contribution < 1.29 is 19.0 Å². The van der Waals surface area contributed by atoms with Gasteiger partial charge in [0.2, 0.25) is 5.88 Å². The summed E-state index contributed by atoms with van der Waals surface area (Å²) in [5.41, 5.74) is 1.54. The first-order valence-corrected chi connectivity index (χ1v) is 10.8. The summed E-state index contributed by atoms with van der Waals surface area (Å²) in [6, 6.07) is 14.1. The Bertz CT molecular complexity index is 1480. The van der Waals surface area contributed by atoms with E-state index in [0.29, 0.717) is 35.6 Å². The van der Waals surface area contributed by atoms with Crippen molar-refractivity contribution in [1.82, 2.24) is 29.5 Å². The van der Waals surface area contributed by atoms with Crippen molar-refractivity contribution in [2.75, 3.05) is 20.3 Å². The highest BCUT2D eigenvalue weighted by molar-refractivity contribution is 5.89. The second-order valence-electron chi connectivity index (χ2n) is 7.39. The summed E-state index contributed by atoms with van der Waals surface area (Å²) in [7, 11) is 1.53. The highest BCUT2D eigenvalue weighted by Crippen LogP contribution is 2.24. The molecule has 5 rings (SSSR count). The predicted molar refractivity (Wildman–Crippen MR) is 124 cm³/mol. The predicted octanol–water partition coefficient (Wildman–Crippen LogP) is 3.43. The summed E-state index contributed by atoms with van der Waals surface area (Å²) >= 11 is 0. The summed E-state index contributed by atoms with van der Waals surface area (Å²) in [5, 5.41) is 10.9. The molecule has 3 heterocycles. The maximum atomic E-state index is 11.9. The quantitative estimate of drug-likeness (QED) is 0.326. The van der Waals surface area contributed by atoms with Crippen LogP contribution in [0.5, 0.6) is 11.6 Å². The molecule has 10 nitrogen and oxygen atoms in total. The molecule has 5 aromatic rings. The van der Waals surface area contributed by atoms with E-state index in [1.165, 1.54) is 24.2 Å². The number of esters is 1. The van der Waals surface area contributed by atoms with Crippen LogP contribution in [0, 0.1) is 0 Å². The highest BCUT2D eigenvalue weighted by atomic mass is 16.5. The van der Waals surface area contributed by atoms with Crippen molar-refractivity contribution in [3.05, 3.63) is 66.6 Å². The fourth-order valence-electron chi connectivity index (χ4n) is 3.63. The molecule has 0 saturated heterocycles. The van der Waals surface area contributed by atoms with Gasteiger partial charge in [0.25, 0.3) is 5.95 Å². The highest BCUT2D eigenvalue weighted by Gasteiger charge is 2.17. The molecule has 0 aliphatic heterocycles. The second kappa shape index (κ2) is 9.18. The first-order valence-electron chi connectivity index (χ1n) is 10.8. The van der Waals surface area contributed by atoms with Crippen LogP contribution in [-0.2, 0) is 11.3 Å². The maximum absolute atomic E-state index is 11.9. The molecular formula is C24H22N6O4. The number of carbonyl (C=O) groups excluding carboxylic acids is 1. The zero-order valence-electron chi connectivity index (χ0n) is 18.7. The fourth-order valence-corrected chi connectivity index (χ4v) is 3.63. The largest absolute Gasteiger partial charge is 0.492 e. The summed E-state index contributed by atoms with van der Waals surface area (Å²) in [5.74, 6) is 0.932. The van der Waals surface area contributed by atoms with E-state index in [1.807, 2.05) is 30.3 Å². The summed E-state index contributed by atoms with van der Waals surface area (Å²) in [6.07, 6.45) is 4.56. The average molecular weight is 458 g/mol. The van der Waals surface area contributed by atoms with E-state index in [4.69, 9.17) is 14.2 Å². The molecule has 172 valence electrons. The van der Waals surface area contributed by atoms with Crippen LogP contribution in [0.15, 0.2) is 61.1 Å². The summed E-state index contributed by atoms with van der Waals surface area (Å²) < 4.78 is 19.6. The Balaban J connectivity index is 1.35. The van der Waals surface area contributed by atoms with Crippen LogP contribution in [0.2, 0.25) is 0 Å². The van der Waals surface area contributed by atoms with Crippen molar-refractivity contribution in [3.8, 4) is 17.6 Å². The minimum absolute atomic E-state index is 0.256. The number of carbonyl (C=O) groups is 1. The molecule has 3 aromatic heterocycles. The van der Waals surface area contributed by atoms with Crippen LogP contribution in [0.3, 0.4) is 0 Å². The number of nitrogens with zero attached hydrogens (tertiary/aromatic N) is 6. The van der Waals surface area contributed by atoms with E-state index in [1.54, 1.807) is 17.8 Å². The van der Waals surface area contributed by atoms with Gasteiger partial charge in [-0.1, -0.05) is 30.3 Å². The molecule has 0 saturated carbocycles. The van der Waals surface area contributed by atoms with Crippen molar-refractivity contribution in [1.29, 1.82) is 0 Å². The Morgan fingerprint density at radius 3 is 2.71 bits per heavy atom. The third kappa shape index (κ3) is 4.13. The van der Waals surface area contributed by atoms with E-state index < -0.39 is 5.97 Å². The van der Waals surface area contributed by atoms with Crippen LogP contribution in [0.4, 0.5) is 0 Å². The minimum Gasteiger partial charge on any atom is -0.492 e. The van der Waals surface area contributed by atoms with E-state index in [9.17, 15) is 4.79 Å². The van der Waals surface area contributed by atoms with Gasteiger partial charge in [0.1, 0.15) is 23.4 Å². The number of benzene rings is 2. The lowest BCUT2D eigenvalue weighted by molar-refractivity contribution is 0.0526. The summed E-state index contributed by atoms with van der Waals surface area (Å²) in [6.45, 7) is 2.91. The number of aromatic nitrogens is 6. The van der Waals surface area contributed by atoms with Gasteiger partial charge in [-0.2, -0.15) is 15.2 Å². The molecule has 0 amide bonds. The number of rotatable bonds is 8. The maximum Gasteiger partial charge on any atom is 0.341 e. The van der Waals surface area contributed by atoms with Crippen LogP contribution in [-0.4, -0.2) is 55.8 Å². The molecule has 0 spiro atoms. The monoisotopic (exact) mass is 458 g/mol. The molecule has 0 N–H and O–H groups in total. The number of hydrogen-bond acceptors (Lipinski definition) is 8. The molecule has 0 aliphatic carbocycles. The Kier molecular flexibility index (Phi) is 5.77. The SMILES string of the molecule is CCOC(=O)c1cnn(-c2nc(OC)c3c(cnn3CCOc3ccc4ccccc4c3)n2)c1. The third-order valence-corrected chi connectivity index (χ3v) is 5.23. The number of ether oxygens (including phenoxy) is 3. The van der Waals surface area contributed by atoms with Gasteiger partial charge in [0.05, 0.1) is 38.2 Å². The van der Waals surface area contributed by atoms with Crippen LogP contribution >= 0.6 is 0 Å². The molecule has 2 aromatic carbocycles. The van der Waals surface area contributed by atoms with Crippen LogP contribution in [0.1, 0.15) is 17.3 Å². The van der Waals surface area contributed by atoms with Crippen molar-refractivity contribution in [2.24, 2.45) is 0 Å². The Hall–Kier alpha value is -4.47. The Morgan fingerprint density at radius 2 is 1.88 bits per heavy atom. The normalized spacial score (nSPS) is 11.1. The van der Waals surface area contributed by atoms with Crippen molar-refractivity contribution in [2.45, 2.75) is 13.5 Å². The zero-order valence-corrected chi connectivity index (χ0v) is 18.7. The minimum atomic E-state index is -0.457. The zero-order chi connectivity index (χ0) is 23.5. The summed E-state index contributed by atoms with van der Waals surface area (Å²) in [4.78, 5) is 20.9. The molecule has 0 bridgehead atoms. The van der Waals surface area contributed by atoms with Gasteiger partial charge in [-0.25, -0.2) is 14.5 Å². The fraction of sp³-hybridized carbons (Fsp3) is 0.208. The number of fused-ring (bicyclic) bond motifs is 2. The topological polar surface area (TPSA) is 106 Å². The van der Waals surface area contributed by atoms with E-state index in [-0.39, 0.29) is 12.6 Å². The molecule has 0 aliphatic rings. The Morgan fingerprint density at radius 1 is 1.03 bits per heavy atom. The van der Waals surface area contributed by atoms with Gasteiger partial charge < -0.3 is 14.2 Å². The van der Waals surface area contributed by atoms with E-state index in [0.717, 1.165) is 16.5 Å². The number of methoxy groups -OCH3 is 1. The molecule has 0 fully saturated rings. The smallest absolute Gasteiger partial charge is 0.341 e. The van der Waals surface area contributed by atoms with Crippen LogP contribution in [0.25, 0.3) is 27.8 Å². The van der Waals surface area contributed by atoms with Gasteiger partial charge >= 0.3 is 5.97 Å². The first-order chi connectivity index (χ1) is 16.7. The molecule has 0 radical (unpaired) electrons. The molecule has 0 unspecified atom stereocenters. The third-order valence-electron chi connectivity index (χ3n) is 5.23. The Labute approximate surface area is 194 Å². The van der Waals surface area contributed by atoms with Gasteiger partial charge in [-0.05, 0) is 29.8 Å². The molecule has 0 atom stereocenters. The second-order valence-corrected chi connectivity index (χ2v) is 7.39. The number of hydrogen-bond donors (Lipinski definition) is 0. The van der Waals surface area contributed by atoms with Crippen molar-refractivity contribution in [3.63, 3.8) is 0 Å². The molecule has 34 heavy (non-hydrogen) atoms.